The number of carbonyl (C=O) groups is 1. The van der Waals surface area contributed by atoms with E-state index in [-0.39, 0.29) is 11.6 Å². The highest BCUT2D eigenvalue weighted by Crippen LogP contribution is 2.24. The number of fused-ring (bicyclic) bond motifs is 1. The van der Waals surface area contributed by atoms with E-state index in [1.807, 2.05) is 0 Å². The zero-order valence-corrected chi connectivity index (χ0v) is 13.7. The number of aliphatic hydroxyl groups excluding tert-OH is 1. The normalized spacial score (nSPS) is 12.7. The highest BCUT2D eigenvalue weighted by Gasteiger charge is 2.29. The first-order chi connectivity index (χ1) is 12.9. The smallest absolute Gasteiger partial charge is 0.394 e. The number of nitrogens with one attached hydrogen (secondary N) is 3. The number of alkyl halides is 3. The van der Waals surface area contributed by atoms with Crippen molar-refractivity contribution in [2.24, 2.45) is 0 Å². The Morgan fingerprint density at radius 2 is 2.15 bits per heavy atom. The van der Waals surface area contributed by atoms with E-state index in [1.54, 1.807) is 17.7 Å². The van der Waals surface area contributed by atoms with Gasteiger partial charge in [0.2, 0.25) is 5.91 Å². The molecular formula is C15H14F3N7O2. The molecule has 9 nitrogen and oxygen atoms in total. The molecule has 0 radical (unpaired) electrons. The number of nitrogens with zero attached hydrogens (tertiary/aromatic N) is 4. The molecule has 1 amide bonds. The van der Waals surface area contributed by atoms with Crippen molar-refractivity contribution in [3.63, 3.8) is 0 Å². The molecule has 0 bridgehead atoms. The maximum atomic E-state index is 12.2. The molecule has 0 saturated heterocycles. The van der Waals surface area contributed by atoms with E-state index in [9.17, 15) is 23.1 Å². The molecule has 3 aromatic heterocycles. The second-order valence-electron chi connectivity index (χ2n) is 5.47. The van der Waals surface area contributed by atoms with Gasteiger partial charge < -0.3 is 20.7 Å². The van der Waals surface area contributed by atoms with Crippen LogP contribution < -0.4 is 10.6 Å². The Bertz CT molecular complexity index is 944. The molecule has 0 aliphatic carbocycles. The van der Waals surface area contributed by atoms with E-state index in [1.165, 1.54) is 18.6 Å². The quantitative estimate of drug-likeness (QED) is 0.499. The van der Waals surface area contributed by atoms with Crippen molar-refractivity contribution >= 4 is 22.8 Å². The van der Waals surface area contributed by atoms with Gasteiger partial charge in [0.05, 0.1) is 6.61 Å². The predicted octanol–water partition coefficient (Wildman–Crippen LogP) is 0.866. The third-order valence-electron chi connectivity index (χ3n) is 3.54. The molecule has 27 heavy (non-hydrogen) atoms. The van der Waals surface area contributed by atoms with Crippen molar-refractivity contribution in [3.8, 4) is 11.4 Å². The van der Waals surface area contributed by atoms with Gasteiger partial charge in [0.15, 0.2) is 5.82 Å². The van der Waals surface area contributed by atoms with Crippen molar-refractivity contribution in [3.05, 3.63) is 31.0 Å². The Balaban J connectivity index is 1.78. The molecule has 12 heteroatoms. The number of rotatable bonds is 6. The average molecular weight is 381 g/mol. The molecule has 0 saturated carbocycles. The molecule has 0 aromatic carbocycles. The van der Waals surface area contributed by atoms with Crippen LogP contribution in [0.4, 0.5) is 19.0 Å². The Kier molecular flexibility index (Phi) is 5.16. The Labute approximate surface area is 150 Å². The summed E-state index contributed by atoms with van der Waals surface area (Å²) in [4.78, 5) is 31.1. The van der Waals surface area contributed by atoms with Crippen molar-refractivity contribution in [1.82, 2.24) is 30.2 Å². The second-order valence-corrected chi connectivity index (χ2v) is 5.47. The molecule has 3 heterocycles. The second kappa shape index (κ2) is 7.53. The number of halogens is 3. The fourth-order valence-corrected chi connectivity index (χ4v) is 2.30. The Morgan fingerprint density at radius 3 is 2.89 bits per heavy atom. The average Bonchev–Trinajstić information content (AvgIpc) is 3.08. The maximum absolute atomic E-state index is 12.2. The predicted molar refractivity (Wildman–Crippen MR) is 88.5 cm³/mol. The van der Waals surface area contributed by atoms with Crippen molar-refractivity contribution < 1.29 is 23.1 Å². The number of anilines is 1. The summed E-state index contributed by atoms with van der Waals surface area (Å²) in [6.07, 6.45) is 1.47. The zero-order valence-electron chi connectivity index (χ0n) is 13.7. The van der Waals surface area contributed by atoms with E-state index in [4.69, 9.17) is 0 Å². The first-order valence-electron chi connectivity index (χ1n) is 7.70. The van der Waals surface area contributed by atoms with Crippen LogP contribution in [-0.2, 0) is 4.79 Å². The highest BCUT2D eigenvalue weighted by atomic mass is 19.4. The van der Waals surface area contributed by atoms with Crippen molar-refractivity contribution in [1.29, 1.82) is 0 Å². The van der Waals surface area contributed by atoms with E-state index < -0.39 is 31.3 Å². The van der Waals surface area contributed by atoms with Gasteiger partial charge in [-0.1, -0.05) is 0 Å². The van der Waals surface area contributed by atoms with E-state index in [0.29, 0.717) is 16.6 Å². The minimum atomic E-state index is -4.55. The number of aliphatic hydroxyl groups is 1. The third-order valence-corrected chi connectivity index (χ3v) is 3.54. The van der Waals surface area contributed by atoms with Crippen LogP contribution in [0.3, 0.4) is 0 Å². The van der Waals surface area contributed by atoms with Gasteiger partial charge >= 0.3 is 6.18 Å². The lowest BCUT2D eigenvalue weighted by atomic mass is 10.2. The van der Waals surface area contributed by atoms with Gasteiger partial charge in [-0.2, -0.15) is 13.2 Å². The number of aromatic amines is 1. The van der Waals surface area contributed by atoms with Crippen LogP contribution in [0, 0.1) is 0 Å². The SMILES string of the molecule is O=C(NCC(F)(F)F)[C@H](CO)Nc1ccnc(-c2c[nH]c3ncncc23)n1. The van der Waals surface area contributed by atoms with Gasteiger partial charge in [0.25, 0.3) is 0 Å². The summed E-state index contributed by atoms with van der Waals surface area (Å²) < 4.78 is 36.6. The number of amides is 1. The topological polar surface area (TPSA) is 129 Å². The standard InChI is InChI=1S/C15H14F3N7O2/c16-15(17,18)6-22-14(27)10(5-26)24-11-1-2-20-13(25-11)9-4-21-12-8(9)3-19-7-23-12/h1-4,7,10,26H,5-6H2,(H,22,27)(H,19,21,23)(H,20,24,25)/t10-/m0/s1. The van der Waals surface area contributed by atoms with Gasteiger partial charge in [-0.15, -0.1) is 0 Å². The zero-order chi connectivity index (χ0) is 19.4. The molecule has 0 unspecified atom stereocenters. The lowest BCUT2D eigenvalue weighted by Gasteiger charge is -2.17. The van der Waals surface area contributed by atoms with Crippen LogP contribution in [-0.4, -0.2) is 61.3 Å². The first-order valence-corrected chi connectivity index (χ1v) is 7.70. The van der Waals surface area contributed by atoms with Gasteiger partial charge in [-0.3, -0.25) is 4.79 Å². The molecule has 0 fully saturated rings. The highest BCUT2D eigenvalue weighted by molar-refractivity contribution is 5.91. The number of hydrogen-bond donors (Lipinski definition) is 4. The van der Waals surface area contributed by atoms with Crippen LogP contribution in [0.2, 0.25) is 0 Å². The lowest BCUT2D eigenvalue weighted by Crippen LogP contribution is -2.45. The third kappa shape index (κ3) is 4.47. The summed E-state index contributed by atoms with van der Waals surface area (Å²) in [6.45, 7) is -2.21. The summed E-state index contributed by atoms with van der Waals surface area (Å²) in [7, 11) is 0. The first kappa shape index (κ1) is 18.5. The van der Waals surface area contributed by atoms with Gasteiger partial charge in [0.1, 0.15) is 30.4 Å². The van der Waals surface area contributed by atoms with Crippen LogP contribution in [0.25, 0.3) is 22.4 Å². The Hall–Kier alpha value is -3.28. The van der Waals surface area contributed by atoms with Gasteiger partial charge in [-0.05, 0) is 6.07 Å². The van der Waals surface area contributed by atoms with E-state index in [0.717, 1.165) is 0 Å². The molecule has 0 aliphatic rings. The van der Waals surface area contributed by atoms with Gasteiger partial charge in [0, 0.05) is 29.5 Å². The van der Waals surface area contributed by atoms with Crippen LogP contribution in [0.1, 0.15) is 0 Å². The maximum Gasteiger partial charge on any atom is 0.405 e. The molecule has 1 atom stereocenters. The minimum Gasteiger partial charge on any atom is -0.394 e. The summed E-state index contributed by atoms with van der Waals surface area (Å²) in [5.74, 6) is -0.559. The number of H-pyrrole nitrogens is 1. The lowest BCUT2D eigenvalue weighted by molar-refractivity contribution is -0.139. The molecular weight excluding hydrogens is 367 g/mol. The molecule has 3 rings (SSSR count). The monoisotopic (exact) mass is 381 g/mol. The largest absolute Gasteiger partial charge is 0.405 e. The van der Waals surface area contributed by atoms with E-state index in [2.05, 4.69) is 30.2 Å². The fraction of sp³-hybridized carbons (Fsp3) is 0.267. The summed E-state index contributed by atoms with van der Waals surface area (Å²) in [5, 5.41) is 14.3. The number of carbonyl (C=O) groups excluding carboxylic acids is 1. The molecule has 3 aromatic rings. The summed E-state index contributed by atoms with van der Waals surface area (Å²) in [5.41, 5.74) is 1.19. The van der Waals surface area contributed by atoms with E-state index >= 15 is 0 Å². The number of aromatic nitrogens is 5. The summed E-state index contributed by atoms with van der Waals surface area (Å²) >= 11 is 0. The molecule has 0 spiro atoms. The van der Waals surface area contributed by atoms with Crippen molar-refractivity contribution in [2.75, 3.05) is 18.5 Å². The molecule has 4 N–H and O–H groups in total. The fourth-order valence-electron chi connectivity index (χ4n) is 2.30. The van der Waals surface area contributed by atoms with Crippen LogP contribution in [0.15, 0.2) is 31.0 Å². The number of hydrogen-bond acceptors (Lipinski definition) is 7. The molecule has 0 aliphatic heterocycles. The summed E-state index contributed by atoms with van der Waals surface area (Å²) in [6, 6.07) is 0.121. The van der Waals surface area contributed by atoms with Crippen molar-refractivity contribution in [2.45, 2.75) is 12.2 Å². The minimum absolute atomic E-state index is 0.160. The van der Waals surface area contributed by atoms with Crippen LogP contribution in [0.5, 0.6) is 0 Å². The molecule has 142 valence electrons. The van der Waals surface area contributed by atoms with Gasteiger partial charge in [-0.25, -0.2) is 19.9 Å². The Morgan fingerprint density at radius 1 is 1.33 bits per heavy atom. The van der Waals surface area contributed by atoms with Crippen LogP contribution >= 0.6 is 0 Å².